The van der Waals surface area contributed by atoms with Crippen molar-refractivity contribution in [2.24, 2.45) is 5.92 Å². The SMILES string of the molecule is COc1ccc(CN(C)C(=O)C(NC(=O)c2cccs2)C(C)C)cc1F. The lowest BCUT2D eigenvalue weighted by Crippen LogP contribution is -2.49. The van der Waals surface area contributed by atoms with Crippen LogP contribution in [0.5, 0.6) is 5.75 Å². The van der Waals surface area contributed by atoms with E-state index in [4.69, 9.17) is 4.74 Å². The topological polar surface area (TPSA) is 58.6 Å². The maximum absolute atomic E-state index is 13.8. The zero-order valence-electron chi connectivity index (χ0n) is 15.3. The summed E-state index contributed by atoms with van der Waals surface area (Å²) in [7, 11) is 3.04. The van der Waals surface area contributed by atoms with Gasteiger partial charge in [0.2, 0.25) is 5.91 Å². The first-order valence-corrected chi connectivity index (χ1v) is 9.13. The molecule has 0 bridgehead atoms. The number of hydrogen-bond acceptors (Lipinski definition) is 4. The maximum atomic E-state index is 13.8. The molecule has 1 aromatic heterocycles. The second-order valence-electron chi connectivity index (χ2n) is 6.34. The van der Waals surface area contributed by atoms with Crippen molar-refractivity contribution < 1.29 is 18.7 Å². The third-order valence-electron chi connectivity index (χ3n) is 3.98. The average molecular weight is 378 g/mol. The van der Waals surface area contributed by atoms with Crippen LogP contribution in [0.3, 0.4) is 0 Å². The number of methoxy groups -OCH3 is 1. The zero-order valence-corrected chi connectivity index (χ0v) is 16.1. The van der Waals surface area contributed by atoms with Crippen LogP contribution >= 0.6 is 11.3 Å². The summed E-state index contributed by atoms with van der Waals surface area (Å²) in [6.45, 7) is 3.98. The Bertz CT molecular complexity index is 762. The Kier molecular flexibility index (Phi) is 6.74. The molecule has 1 atom stereocenters. The zero-order chi connectivity index (χ0) is 19.3. The van der Waals surface area contributed by atoms with Gasteiger partial charge in [-0.15, -0.1) is 11.3 Å². The molecule has 140 valence electrons. The number of carbonyl (C=O) groups excluding carboxylic acids is 2. The fourth-order valence-corrected chi connectivity index (χ4v) is 3.16. The van der Waals surface area contributed by atoms with Gasteiger partial charge in [0, 0.05) is 13.6 Å². The van der Waals surface area contributed by atoms with E-state index in [1.165, 1.54) is 35.5 Å². The van der Waals surface area contributed by atoms with Gasteiger partial charge in [-0.25, -0.2) is 4.39 Å². The van der Waals surface area contributed by atoms with E-state index in [2.05, 4.69) is 5.32 Å². The van der Waals surface area contributed by atoms with Gasteiger partial charge in [-0.05, 0) is 35.1 Å². The van der Waals surface area contributed by atoms with Crippen LogP contribution in [-0.2, 0) is 11.3 Å². The quantitative estimate of drug-likeness (QED) is 0.804. The monoisotopic (exact) mass is 378 g/mol. The van der Waals surface area contributed by atoms with Gasteiger partial charge in [-0.2, -0.15) is 0 Å². The largest absolute Gasteiger partial charge is 0.494 e. The summed E-state index contributed by atoms with van der Waals surface area (Å²) in [6, 6.07) is 7.43. The van der Waals surface area contributed by atoms with Gasteiger partial charge in [0.1, 0.15) is 6.04 Å². The standard InChI is InChI=1S/C19H23FN2O3S/c1-12(2)17(21-18(23)16-6-5-9-26-16)19(24)22(3)11-13-7-8-15(25-4)14(20)10-13/h5-10,12,17H,11H2,1-4H3,(H,21,23). The van der Waals surface area contributed by atoms with Crippen LogP contribution in [0.25, 0.3) is 0 Å². The van der Waals surface area contributed by atoms with E-state index in [1.54, 1.807) is 25.2 Å². The number of thiophene rings is 1. The maximum Gasteiger partial charge on any atom is 0.262 e. The molecule has 0 aliphatic rings. The van der Waals surface area contributed by atoms with E-state index < -0.39 is 11.9 Å². The Hall–Kier alpha value is -2.41. The molecule has 1 unspecified atom stereocenters. The first-order valence-electron chi connectivity index (χ1n) is 8.25. The summed E-state index contributed by atoms with van der Waals surface area (Å²) in [5, 5.41) is 4.61. The van der Waals surface area contributed by atoms with Crippen molar-refractivity contribution in [3.63, 3.8) is 0 Å². The molecule has 2 amide bonds. The van der Waals surface area contributed by atoms with Crippen molar-refractivity contribution in [1.29, 1.82) is 0 Å². The molecule has 0 aliphatic carbocycles. The summed E-state index contributed by atoms with van der Waals surface area (Å²) in [5.41, 5.74) is 0.645. The number of hydrogen-bond donors (Lipinski definition) is 1. The number of likely N-dealkylation sites (N-methyl/N-ethyl adjacent to an activating group) is 1. The molecule has 2 aromatic rings. The molecule has 0 saturated carbocycles. The molecule has 1 N–H and O–H groups in total. The van der Waals surface area contributed by atoms with Gasteiger partial charge in [0.25, 0.3) is 5.91 Å². The summed E-state index contributed by atoms with van der Waals surface area (Å²) in [5.74, 6) is -0.887. The summed E-state index contributed by atoms with van der Waals surface area (Å²) in [6.07, 6.45) is 0. The van der Waals surface area contributed by atoms with Gasteiger partial charge < -0.3 is 15.0 Å². The lowest BCUT2D eigenvalue weighted by molar-refractivity contribution is -0.133. The Morgan fingerprint density at radius 1 is 1.31 bits per heavy atom. The van der Waals surface area contributed by atoms with E-state index in [-0.39, 0.29) is 30.0 Å². The fraction of sp³-hybridized carbons (Fsp3) is 0.368. The van der Waals surface area contributed by atoms with Gasteiger partial charge in [0.05, 0.1) is 12.0 Å². The lowest BCUT2D eigenvalue weighted by Gasteiger charge is -2.27. The van der Waals surface area contributed by atoms with E-state index >= 15 is 0 Å². The van der Waals surface area contributed by atoms with Crippen LogP contribution in [0.1, 0.15) is 29.1 Å². The highest BCUT2D eigenvalue weighted by Crippen LogP contribution is 2.19. The number of amides is 2. The summed E-state index contributed by atoms with van der Waals surface area (Å²) in [4.78, 5) is 27.1. The Morgan fingerprint density at radius 3 is 2.58 bits per heavy atom. The Balaban J connectivity index is 2.07. The van der Waals surface area contributed by atoms with Crippen molar-refractivity contribution in [1.82, 2.24) is 10.2 Å². The molecule has 0 fully saturated rings. The number of benzene rings is 1. The van der Waals surface area contributed by atoms with E-state index in [0.717, 1.165) is 0 Å². The van der Waals surface area contributed by atoms with Crippen LogP contribution in [-0.4, -0.2) is 36.9 Å². The van der Waals surface area contributed by atoms with Crippen LogP contribution in [0.2, 0.25) is 0 Å². The summed E-state index contributed by atoms with van der Waals surface area (Å²) < 4.78 is 18.7. The average Bonchev–Trinajstić information content (AvgIpc) is 3.13. The molecular formula is C19H23FN2O3S. The van der Waals surface area contributed by atoms with Crippen LogP contribution in [0.15, 0.2) is 35.7 Å². The van der Waals surface area contributed by atoms with Crippen LogP contribution < -0.4 is 10.1 Å². The number of nitrogens with one attached hydrogen (secondary N) is 1. The van der Waals surface area contributed by atoms with Crippen molar-refractivity contribution >= 4 is 23.2 Å². The van der Waals surface area contributed by atoms with Crippen molar-refractivity contribution in [3.05, 3.63) is 52.0 Å². The first-order chi connectivity index (χ1) is 12.3. The minimum Gasteiger partial charge on any atom is -0.494 e. The number of ether oxygens (including phenoxy) is 1. The fourth-order valence-electron chi connectivity index (χ4n) is 2.53. The predicted octanol–water partition coefficient (Wildman–Crippen LogP) is 3.31. The predicted molar refractivity (Wildman–Crippen MR) is 99.8 cm³/mol. The molecule has 0 spiro atoms. The Labute approximate surface area is 156 Å². The molecule has 2 rings (SSSR count). The van der Waals surface area contributed by atoms with E-state index in [1.807, 2.05) is 19.2 Å². The summed E-state index contributed by atoms with van der Waals surface area (Å²) >= 11 is 1.32. The third kappa shape index (κ3) is 4.82. The Morgan fingerprint density at radius 2 is 2.04 bits per heavy atom. The first kappa shape index (κ1) is 19.9. The number of carbonyl (C=O) groups is 2. The third-order valence-corrected chi connectivity index (χ3v) is 4.85. The molecule has 0 radical (unpaired) electrons. The second-order valence-corrected chi connectivity index (χ2v) is 7.28. The highest BCUT2D eigenvalue weighted by Gasteiger charge is 2.27. The van der Waals surface area contributed by atoms with Gasteiger partial charge in [-0.3, -0.25) is 9.59 Å². The molecule has 1 aromatic carbocycles. The number of nitrogens with zero attached hydrogens (tertiary/aromatic N) is 1. The molecule has 5 nitrogen and oxygen atoms in total. The minimum atomic E-state index is -0.655. The van der Waals surface area contributed by atoms with Crippen molar-refractivity contribution in [2.45, 2.75) is 26.4 Å². The van der Waals surface area contributed by atoms with Gasteiger partial charge in [-0.1, -0.05) is 26.0 Å². The highest BCUT2D eigenvalue weighted by molar-refractivity contribution is 7.12. The van der Waals surface area contributed by atoms with Gasteiger partial charge >= 0.3 is 0 Å². The number of rotatable bonds is 7. The van der Waals surface area contributed by atoms with E-state index in [9.17, 15) is 14.0 Å². The molecular weight excluding hydrogens is 355 g/mol. The van der Waals surface area contributed by atoms with Crippen LogP contribution in [0, 0.1) is 11.7 Å². The molecule has 0 saturated heterocycles. The van der Waals surface area contributed by atoms with E-state index in [0.29, 0.717) is 10.4 Å². The van der Waals surface area contributed by atoms with Gasteiger partial charge in [0.15, 0.2) is 11.6 Å². The molecule has 26 heavy (non-hydrogen) atoms. The van der Waals surface area contributed by atoms with Crippen molar-refractivity contribution in [3.8, 4) is 5.75 Å². The molecule has 0 aliphatic heterocycles. The molecule has 1 heterocycles. The number of halogens is 1. The van der Waals surface area contributed by atoms with Crippen molar-refractivity contribution in [2.75, 3.05) is 14.2 Å². The van der Waals surface area contributed by atoms with Crippen LogP contribution in [0.4, 0.5) is 4.39 Å². The highest BCUT2D eigenvalue weighted by atomic mass is 32.1. The minimum absolute atomic E-state index is 0.0820. The lowest BCUT2D eigenvalue weighted by atomic mass is 10.0. The smallest absolute Gasteiger partial charge is 0.262 e. The normalized spacial score (nSPS) is 11.9. The second kappa shape index (κ2) is 8.80. The molecule has 7 heteroatoms.